The molecule has 0 atom stereocenters. The predicted octanol–water partition coefficient (Wildman–Crippen LogP) is 2.69. The maximum absolute atomic E-state index is 2.64. The number of hydrogen-bond acceptors (Lipinski definition) is 1. The van der Waals surface area contributed by atoms with Crippen LogP contribution in [0.4, 0.5) is 0 Å². The van der Waals surface area contributed by atoms with Gasteiger partial charge in [-0.15, -0.1) is 0 Å². The molecule has 0 aliphatic carbocycles. The van der Waals surface area contributed by atoms with Crippen molar-refractivity contribution in [1.29, 1.82) is 0 Å². The van der Waals surface area contributed by atoms with Gasteiger partial charge in [-0.1, -0.05) is 0 Å². The Morgan fingerprint density at radius 2 is 1.50 bits per heavy atom. The molecule has 90 valence electrons. The van der Waals surface area contributed by atoms with Gasteiger partial charge >= 0.3 is 113 Å². The molecule has 0 aromatic heterocycles. The van der Waals surface area contributed by atoms with Crippen molar-refractivity contribution < 1.29 is 0 Å². The van der Waals surface area contributed by atoms with Crippen LogP contribution in [0.5, 0.6) is 0 Å². The zero-order valence-corrected chi connectivity index (χ0v) is 13.6. The molecule has 16 heavy (non-hydrogen) atoms. The first-order valence-electron chi connectivity index (χ1n) is 5.78. The molecule has 0 aliphatic heterocycles. The minimum atomic E-state index is 0.804. The van der Waals surface area contributed by atoms with Gasteiger partial charge in [0.05, 0.1) is 0 Å². The van der Waals surface area contributed by atoms with Gasteiger partial charge in [-0.2, -0.15) is 0 Å². The van der Waals surface area contributed by atoms with E-state index in [-0.39, 0.29) is 0 Å². The molecule has 0 saturated carbocycles. The van der Waals surface area contributed by atoms with E-state index in [0.717, 1.165) is 36.5 Å². The van der Waals surface area contributed by atoms with Crippen molar-refractivity contribution in [2.45, 2.75) is 31.0 Å². The number of benzene rings is 1. The Bertz CT molecular complexity index is 256. The van der Waals surface area contributed by atoms with E-state index in [4.69, 9.17) is 0 Å². The molecule has 0 unspecified atom stereocenters. The summed E-state index contributed by atoms with van der Waals surface area (Å²) >= 11 is 1.61. The Balaban J connectivity index is 2.42. The molecular weight excluding hydrogens is 328 g/mol. The van der Waals surface area contributed by atoms with E-state index < -0.39 is 0 Å². The normalized spacial score (nSPS) is 10.9. The van der Waals surface area contributed by atoms with Crippen LogP contribution >= 0.6 is 0 Å². The van der Waals surface area contributed by atoms with Crippen LogP contribution in [0.25, 0.3) is 0 Å². The van der Waals surface area contributed by atoms with Crippen LogP contribution < -0.4 is 0 Å². The van der Waals surface area contributed by atoms with Gasteiger partial charge in [0.15, 0.2) is 0 Å². The summed E-state index contributed by atoms with van der Waals surface area (Å²) in [5.74, 6) is 0. The Kier molecular flexibility index (Phi) is 8.27. The number of nitrogens with zero attached hydrogens (tertiary/aromatic N) is 1. The first-order valence-corrected chi connectivity index (χ1v) is 10.6. The van der Waals surface area contributed by atoms with E-state index in [0.29, 0.717) is 0 Å². The number of rotatable bonds is 8. The second-order valence-corrected chi connectivity index (χ2v) is 8.78. The van der Waals surface area contributed by atoms with Crippen molar-refractivity contribution in [2.75, 3.05) is 10.9 Å². The van der Waals surface area contributed by atoms with Gasteiger partial charge in [0.25, 0.3) is 0 Å². The summed E-state index contributed by atoms with van der Waals surface area (Å²) in [5.41, 5.74) is 4.10. The average Bonchev–Trinajstić information content (AvgIpc) is 2.34. The van der Waals surface area contributed by atoms with Crippen LogP contribution in [0.15, 0.2) is 30.3 Å². The topological polar surface area (TPSA) is 3.24 Å². The monoisotopic (exact) mass is 351 g/mol. The molecule has 0 bridgehead atoms. The van der Waals surface area contributed by atoms with Crippen molar-refractivity contribution >= 4 is 29.9 Å². The van der Waals surface area contributed by atoms with Gasteiger partial charge in [-0.25, -0.2) is 0 Å². The van der Waals surface area contributed by atoms with Crippen molar-refractivity contribution in [3.05, 3.63) is 35.9 Å². The molecule has 1 nitrogen and oxygen atoms in total. The summed E-state index contributed by atoms with van der Waals surface area (Å²) in [6, 6.07) is 10.9. The van der Waals surface area contributed by atoms with Crippen molar-refractivity contribution in [2.24, 2.45) is 0 Å². The minimum absolute atomic E-state index is 0.804. The van der Waals surface area contributed by atoms with Gasteiger partial charge in [0, 0.05) is 0 Å². The first kappa shape index (κ1) is 14.3. The Morgan fingerprint density at radius 3 is 2.00 bits per heavy atom. The van der Waals surface area contributed by atoms with Crippen molar-refractivity contribution in [3.63, 3.8) is 0 Å². The summed E-state index contributed by atoms with van der Waals surface area (Å²) in [4.78, 5) is 2.64. The van der Waals surface area contributed by atoms with Crippen LogP contribution in [0.1, 0.15) is 19.4 Å². The summed E-state index contributed by atoms with van der Waals surface area (Å²) in [6.07, 6.45) is 0. The Labute approximate surface area is 112 Å². The average molecular weight is 349 g/mol. The molecule has 0 spiro atoms. The molecule has 1 aromatic carbocycles. The molecule has 0 aliphatic rings. The van der Waals surface area contributed by atoms with Crippen LogP contribution in [0, 0.1) is 0 Å². The SMILES string of the molecule is CC[Se]CN(C[Se]CC)Cc1ccccc1. The standard InChI is InChI=1S/C13H21NSe2/c1-3-15-11-14(12-16-4-2)10-13-8-6-5-7-9-13/h5-9H,3-4,10-12H2,1-2H3. The molecule has 1 rings (SSSR count). The van der Waals surface area contributed by atoms with E-state index in [1.165, 1.54) is 27.1 Å². The number of hydrogen-bond donors (Lipinski definition) is 0. The Hall–Kier alpha value is 0.219. The van der Waals surface area contributed by atoms with Gasteiger partial charge in [0.1, 0.15) is 0 Å². The molecule has 0 saturated heterocycles. The molecule has 0 N–H and O–H groups in total. The molecule has 0 radical (unpaired) electrons. The van der Waals surface area contributed by atoms with E-state index in [2.05, 4.69) is 49.1 Å². The van der Waals surface area contributed by atoms with E-state index in [1.54, 1.807) is 0 Å². The fraction of sp³-hybridized carbons (Fsp3) is 0.538. The quantitative estimate of drug-likeness (QED) is 0.653. The van der Waals surface area contributed by atoms with Crippen LogP contribution in [0.3, 0.4) is 0 Å². The van der Waals surface area contributed by atoms with E-state index in [1.807, 2.05) is 0 Å². The van der Waals surface area contributed by atoms with Gasteiger partial charge in [-0.05, 0) is 0 Å². The van der Waals surface area contributed by atoms with Crippen LogP contribution in [-0.4, -0.2) is 45.7 Å². The fourth-order valence-corrected chi connectivity index (χ4v) is 4.61. The van der Waals surface area contributed by atoms with Crippen molar-refractivity contribution in [1.82, 2.24) is 4.90 Å². The van der Waals surface area contributed by atoms with E-state index >= 15 is 0 Å². The molecular formula is C13H21NSe2. The second-order valence-electron chi connectivity index (χ2n) is 3.56. The summed E-state index contributed by atoms with van der Waals surface area (Å²) < 4.78 is 0. The molecule has 1 aromatic rings. The first-order chi connectivity index (χ1) is 7.86. The molecule has 0 heterocycles. The summed E-state index contributed by atoms with van der Waals surface area (Å²) in [6.45, 7) is 5.74. The maximum atomic E-state index is 2.64. The summed E-state index contributed by atoms with van der Waals surface area (Å²) in [7, 11) is 0. The second kappa shape index (κ2) is 9.27. The predicted molar refractivity (Wildman–Crippen MR) is 74.2 cm³/mol. The van der Waals surface area contributed by atoms with Crippen LogP contribution in [-0.2, 0) is 6.54 Å². The van der Waals surface area contributed by atoms with Gasteiger partial charge in [0.2, 0.25) is 0 Å². The third-order valence-electron chi connectivity index (χ3n) is 2.20. The zero-order chi connectivity index (χ0) is 11.6. The summed E-state index contributed by atoms with van der Waals surface area (Å²) in [5, 5.41) is 2.72. The van der Waals surface area contributed by atoms with Gasteiger partial charge < -0.3 is 0 Å². The zero-order valence-electron chi connectivity index (χ0n) is 10.2. The van der Waals surface area contributed by atoms with Crippen molar-refractivity contribution in [3.8, 4) is 0 Å². The molecule has 3 heteroatoms. The van der Waals surface area contributed by atoms with Gasteiger partial charge in [-0.3, -0.25) is 0 Å². The molecule has 0 amide bonds. The third kappa shape index (κ3) is 6.08. The fourth-order valence-electron chi connectivity index (χ4n) is 1.41. The third-order valence-corrected chi connectivity index (χ3v) is 6.22. The van der Waals surface area contributed by atoms with Crippen LogP contribution in [0.2, 0.25) is 10.6 Å². The molecule has 0 fully saturated rings. The Morgan fingerprint density at radius 1 is 0.938 bits per heavy atom. The van der Waals surface area contributed by atoms with E-state index in [9.17, 15) is 0 Å².